The van der Waals surface area contributed by atoms with Crippen LogP contribution in [0.1, 0.15) is 45.6 Å². The molecule has 2 unspecified atom stereocenters. The molecule has 3 aliphatic rings. The van der Waals surface area contributed by atoms with Crippen LogP contribution in [0.25, 0.3) is 0 Å². The SMILES string of the molecule is CC(C)(C)OC(=O)N1CC[C@H]1CONC(=O)[C@@H]1CC[C@@H]2CN1C(O)N2OCc1ccccc1. The number of nitrogens with one attached hydrogen (secondary N) is 1. The third-order valence-electron chi connectivity index (χ3n) is 6.23. The maximum Gasteiger partial charge on any atom is 0.410 e. The van der Waals surface area contributed by atoms with Crippen LogP contribution >= 0.6 is 0 Å². The molecule has 0 aliphatic carbocycles. The zero-order valence-corrected chi connectivity index (χ0v) is 19.5. The molecule has 0 radical (unpaired) electrons. The van der Waals surface area contributed by atoms with Crippen LogP contribution in [-0.4, -0.2) is 81.7 Å². The van der Waals surface area contributed by atoms with Crippen LogP contribution in [0.5, 0.6) is 0 Å². The summed E-state index contributed by atoms with van der Waals surface area (Å²) in [5.74, 6) is -0.305. The molecule has 0 spiro atoms. The van der Waals surface area contributed by atoms with Crippen LogP contribution in [0, 0.1) is 0 Å². The van der Waals surface area contributed by atoms with Crippen LogP contribution in [-0.2, 0) is 25.8 Å². The molecule has 0 aromatic heterocycles. The van der Waals surface area contributed by atoms with Crippen molar-refractivity contribution in [1.82, 2.24) is 20.3 Å². The van der Waals surface area contributed by atoms with Crippen molar-refractivity contribution in [3.05, 3.63) is 35.9 Å². The van der Waals surface area contributed by atoms with Crippen LogP contribution in [0.3, 0.4) is 0 Å². The molecule has 3 heterocycles. The molecule has 3 aliphatic heterocycles. The highest BCUT2D eigenvalue weighted by Crippen LogP contribution is 2.32. The Morgan fingerprint density at radius 1 is 1.15 bits per heavy atom. The Kier molecular flexibility index (Phi) is 7.20. The highest BCUT2D eigenvalue weighted by Gasteiger charge is 2.48. The largest absolute Gasteiger partial charge is 0.444 e. The fourth-order valence-electron chi connectivity index (χ4n) is 4.40. The van der Waals surface area contributed by atoms with E-state index >= 15 is 0 Å². The molecule has 33 heavy (non-hydrogen) atoms. The zero-order valence-electron chi connectivity index (χ0n) is 19.5. The smallest absolute Gasteiger partial charge is 0.410 e. The van der Waals surface area contributed by atoms with Crippen LogP contribution in [0.4, 0.5) is 4.79 Å². The average molecular weight is 463 g/mol. The highest BCUT2D eigenvalue weighted by molar-refractivity contribution is 5.81. The Morgan fingerprint density at radius 3 is 2.58 bits per heavy atom. The van der Waals surface area contributed by atoms with Gasteiger partial charge in [-0.15, -0.1) is 5.06 Å². The molecule has 0 saturated carbocycles. The summed E-state index contributed by atoms with van der Waals surface area (Å²) < 4.78 is 5.39. The molecule has 1 aromatic rings. The van der Waals surface area contributed by atoms with Crippen molar-refractivity contribution in [2.45, 2.75) is 76.7 Å². The molecule has 2 bridgehead atoms. The van der Waals surface area contributed by atoms with Gasteiger partial charge in [-0.25, -0.2) is 10.3 Å². The van der Waals surface area contributed by atoms with E-state index in [0.29, 0.717) is 26.1 Å². The summed E-state index contributed by atoms with van der Waals surface area (Å²) in [5, 5.41) is 12.3. The highest BCUT2D eigenvalue weighted by atomic mass is 16.7. The molecule has 2 amide bonds. The lowest BCUT2D eigenvalue weighted by Gasteiger charge is -2.41. The molecule has 182 valence electrons. The van der Waals surface area contributed by atoms with Crippen molar-refractivity contribution in [1.29, 1.82) is 0 Å². The van der Waals surface area contributed by atoms with Crippen LogP contribution in [0.15, 0.2) is 30.3 Å². The van der Waals surface area contributed by atoms with E-state index in [1.165, 1.54) is 0 Å². The number of fused-ring (bicyclic) bond motifs is 2. The standard InChI is InChI=1S/C23H34N4O6/c1-23(2,3)33-22(30)25-12-11-18(25)15-31-24-20(28)19-10-9-17-13-26(19)21(29)27(17)32-14-16-7-5-4-6-8-16/h4-8,17-19,21,29H,9-15H2,1-3H3,(H,24,28)/t17-,18+,19+,21?/m1/s1. The molecule has 10 nitrogen and oxygen atoms in total. The van der Waals surface area contributed by atoms with Gasteiger partial charge < -0.3 is 14.7 Å². The van der Waals surface area contributed by atoms with Gasteiger partial charge in [-0.2, -0.15) is 0 Å². The van der Waals surface area contributed by atoms with Crippen molar-refractivity contribution >= 4 is 12.0 Å². The lowest BCUT2D eigenvalue weighted by Crippen LogP contribution is -2.56. The second kappa shape index (κ2) is 9.94. The molecule has 2 N–H and O–H groups in total. The first-order valence-corrected chi connectivity index (χ1v) is 11.5. The monoisotopic (exact) mass is 462 g/mol. The number of rotatable bonds is 7. The second-order valence-corrected chi connectivity index (χ2v) is 9.80. The maximum atomic E-state index is 12.8. The number of aliphatic hydroxyl groups excluding tert-OH is 1. The number of piperidine rings is 1. The number of hydrogen-bond donors (Lipinski definition) is 2. The number of carbonyl (C=O) groups excluding carboxylic acids is 2. The normalized spacial score (nSPS) is 29.5. The Balaban J connectivity index is 1.22. The predicted octanol–water partition coefficient (Wildman–Crippen LogP) is 1.60. The van der Waals surface area contributed by atoms with Crippen molar-refractivity contribution in [3.8, 4) is 0 Å². The van der Waals surface area contributed by atoms with Gasteiger partial charge in [-0.1, -0.05) is 30.3 Å². The van der Waals surface area contributed by atoms with Crippen LogP contribution < -0.4 is 5.48 Å². The van der Waals surface area contributed by atoms with Gasteiger partial charge in [0, 0.05) is 13.1 Å². The molecule has 4 rings (SSSR count). The third kappa shape index (κ3) is 5.64. The Labute approximate surface area is 194 Å². The molecule has 1 aromatic carbocycles. The van der Waals surface area contributed by atoms with E-state index in [4.69, 9.17) is 14.4 Å². The number of benzene rings is 1. The minimum Gasteiger partial charge on any atom is -0.444 e. The summed E-state index contributed by atoms with van der Waals surface area (Å²) in [7, 11) is 0. The number of ether oxygens (including phenoxy) is 1. The van der Waals surface area contributed by atoms with Crippen molar-refractivity contribution < 1.29 is 29.1 Å². The molecular formula is C23H34N4O6. The first kappa shape index (κ1) is 23.9. The number of nitrogens with zero attached hydrogens (tertiary/aromatic N) is 3. The van der Waals surface area contributed by atoms with E-state index in [2.05, 4.69) is 5.48 Å². The Morgan fingerprint density at radius 2 is 1.91 bits per heavy atom. The molecular weight excluding hydrogens is 428 g/mol. The number of hydroxylamine groups is 3. The van der Waals surface area contributed by atoms with Gasteiger partial charge in [0.1, 0.15) is 5.60 Å². The van der Waals surface area contributed by atoms with Gasteiger partial charge in [0.15, 0.2) is 6.35 Å². The summed E-state index contributed by atoms with van der Waals surface area (Å²) >= 11 is 0. The molecule has 10 heteroatoms. The molecule has 5 atom stereocenters. The van der Waals surface area contributed by atoms with Gasteiger partial charge >= 0.3 is 6.09 Å². The topological polar surface area (TPSA) is 104 Å². The summed E-state index contributed by atoms with van der Waals surface area (Å²) in [6, 6.07) is 9.16. The number of carbonyl (C=O) groups is 2. The number of likely N-dealkylation sites (tertiary alicyclic amines) is 1. The Hall–Kier alpha value is -2.24. The van der Waals surface area contributed by atoms with E-state index in [1.54, 1.807) is 14.9 Å². The van der Waals surface area contributed by atoms with Crippen molar-refractivity contribution in [3.63, 3.8) is 0 Å². The summed E-state index contributed by atoms with van der Waals surface area (Å²) in [6.07, 6.45) is 0.748. The van der Waals surface area contributed by atoms with Crippen molar-refractivity contribution in [2.75, 3.05) is 19.7 Å². The summed E-state index contributed by atoms with van der Waals surface area (Å²) in [4.78, 5) is 39.6. The average Bonchev–Trinajstić information content (AvgIpc) is 2.97. The zero-order chi connectivity index (χ0) is 23.6. The first-order chi connectivity index (χ1) is 15.7. The van der Waals surface area contributed by atoms with E-state index in [9.17, 15) is 14.7 Å². The van der Waals surface area contributed by atoms with Gasteiger partial charge in [0.05, 0.1) is 31.3 Å². The van der Waals surface area contributed by atoms with Crippen molar-refractivity contribution in [2.24, 2.45) is 0 Å². The lowest BCUT2D eigenvalue weighted by atomic mass is 10.0. The van der Waals surface area contributed by atoms with E-state index in [-0.39, 0.29) is 30.7 Å². The number of hydrogen-bond acceptors (Lipinski definition) is 8. The summed E-state index contributed by atoms with van der Waals surface area (Å²) in [5.41, 5.74) is 2.96. The minimum absolute atomic E-state index is 0.0334. The first-order valence-electron chi connectivity index (χ1n) is 11.5. The van der Waals surface area contributed by atoms with Gasteiger partial charge in [-0.05, 0) is 45.6 Å². The van der Waals surface area contributed by atoms with E-state index in [1.807, 2.05) is 51.1 Å². The molecule has 3 fully saturated rings. The fourth-order valence-corrected chi connectivity index (χ4v) is 4.40. The lowest BCUT2D eigenvalue weighted by molar-refractivity contribution is -0.265. The van der Waals surface area contributed by atoms with E-state index < -0.39 is 18.0 Å². The number of amides is 2. The molecule has 3 saturated heterocycles. The predicted molar refractivity (Wildman–Crippen MR) is 118 cm³/mol. The quantitative estimate of drug-likeness (QED) is 0.589. The maximum absolute atomic E-state index is 12.8. The van der Waals surface area contributed by atoms with E-state index in [0.717, 1.165) is 18.4 Å². The minimum atomic E-state index is -0.994. The summed E-state index contributed by atoms with van der Waals surface area (Å²) in [6.45, 7) is 7.18. The van der Waals surface area contributed by atoms with Gasteiger partial charge in [-0.3, -0.25) is 19.4 Å². The van der Waals surface area contributed by atoms with Crippen LogP contribution in [0.2, 0.25) is 0 Å². The number of aliphatic hydroxyl groups is 1. The third-order valence-corrected chi connectivity index (χ3v) is 6.23. The fraction of sp³-hybridized carbons (Fsp3) is 0.652. The second-order valence-electron chi connectivity index (χ2n) is 9.80. The Bertz CT molecular complexity index is 832. The van der Waals surface area contributed by atoms with Gasteiger partial charge in [0.25, 0.3) is 5.91 Å². The van der Waals surface area contributed by atoms with Gasteiger partial charge in [0.2, 0.25) is 0 Å².